The summed E-state index contributed by atoms with van der Waals surface area (Å²) < 4.78 is 14.6. The van der Waals surface area contributed by atoms with Crippen LogP contribution >= 0.6 is 11.8 Å². The first-order valence-electron chi connectivity index (χ1n) is 5.93. The molecule has 0 saturated carbocycles. The topological polar surface area (TPSA) is 78.6 Å². The quantitative estimate of drug-likeness (QED) is 0.634. The van der Waals surface area contributed by atoms with E-state index in [0.717, 1.165) is 4.90 Å². The molecule has 1 aromatic carbocycles. The second kappa shape index (κ2) is 6.45. The average Bonchev–Trinajstić information content (AvgIpc) is 2.98. The number of hydrogen-bond acceptors (Lipinski definition) is 7. The van der Waals surface area contributed by atoms with Gasteiger partial charge in [0.1, 0.15) is 0 Å². The Morgan fingerprint density at radius 2 is 1.81 bits per heavy atom. The molecule has 6 nitrogen and oxygen atoms in total. The van der Waals surface area contributed by atoms with Crippen molar-refractivity contribution in [1.82, 2.24) is 4.98 Å². The molecule has 0 aliphatic heterocycles. The van der Waals surface area contributed by atoms with E-state index >= 15 is 0 Å². The van der Waals surface area contributed by atoms with E-state index in [9.17, 15) is 9.59 Å². The van der Waals surface area contributed by atoms with Gasteiger partial charge in [0, 0.05) is 4.90 Å². The molecule has 1 heterocycles. The van der Waals surface area contributed by atoms with Gasteiger partial charge in [0.2, 0.25) is 17.3 Å². The maximum Gasteiger partial charge on any atom is 0.376 e. The molecular formula is C14H13NO5S. The summed E-state index contributed by atoms with van der Waals surface area (Å²) in [4.78, 5) is 28.4. The highest BCUT2D eigenvalue weighted by Gasteiger charge is 2.28. The first-order valence-corrected chi connectivity index (χ1v) is 7.15. The van der Waals surface area contributed by atoms with Crippen LogP contribution in [0.15, 0.2) is 33.6 Å². The lowest BCUT2D eigenvalue weighted by molar-refractivity contribution is 0.0527. The molecule has 0 fully saturated rings. The Bertz CT molecular complexity index is 646. The fraction of sp³-hybridized carbons (Fsp3) is 0.214. The Morgan fingerprint density at radius 3 is 2.43 bits per heavy atom. The molecule has 0 aliphatic rings. The fourth-order valence-corrected chi connectivity index (χ4v) is 2.31. The van der Waals surface area contributed by atoms with E-state index in [1.54, 1.807) is 6.07 Å². The van der Waals surface area contributed by atoms with E-state index in [4.69, 9.17) is 4.42 Å². The van der Waals surface area contributed by atoms with Gasteiger partial charge in [-0.2, -0.15) is 0 Å². The molecule has 2 rings (SSSR count). The third-order valence-corrected chi connectivity index (χ3v) is 3.51. The molecule has 0 unspecified atom stereocenters. The summed E-state index contributed by atoms with van der Waals surface area (Å²) in [5, 5.41) is 0. The van der Waals surface area contributed by atoms with Crippen molar-refractivity contribution in [3.63, 3.8) is 0 Å². The Labute approximate surface area is 125 Å². The summed E-state index contributed by atoms with van der Waals surface area (Å²) in [6, 6.07) is 7.37. The zero-order valence-electron chi connectivity index (χ0n) is 11.7. The van der Waals surface area contributed by atoms with E-state index in [-0.39, 0.29) is 17.3 Å². The van der Waals surface area contributed by atoms with Crippen molar-refractivity contribution in [2.45, 2.75) is 4.90 Å². The third-order valence-electron chi connectivity index (χ3n) is 2.71. The Kier molecular flexibility index (Phi) is 4.64. The lowest BCUT2D eigenvalue weighted by Gasteiger charge is -2.01. The summed E-state index contributed by atoms with van der Waals surface area (Å²) in [5.74, 6) is -1.64. The second-order valence-electron chi connectivity index (χ2n) is 3.88. The van der Waals surface area contributed by atoms with Crippen LogP contribution in [0.4, 0.5) is 0 Å². The van der Waals surface area contributed by atoms with Crippen molar-refractivity contribution in [1.29, 1.82) is 0 Å². The van der Waals surface area contributed by atoms with Gasteiger partial charge >= 0.3 is 11.9 Å². The maximum atomic E-state index is 11.7. The van der Waals surface area contributed by atoms with Crippen LogP contribution < -0.4 is 0 Å². The van der Waals surface area contributed by atoms with Gasteiger partial charge in [-0.3, -0.25) is 0 Å². The van der Waals surface area contributed by atoms with Crippen molar-refractivity contribution in [3.05, 3.63) is 35.7 Å². The van der Waals surface area contributed by atoms with Gasteiger partial charge in [0.25, 0.3) is 0 Å². The van der Waals surface area contributed by atoms with Crippen LogP contribution in [0.5, 0.6) is 0 Å². The number of benzene rings is 1. The molecule has 0 amide bonds. The minimum absolute atomic E-state index is 0.167. The fourth-order valence-electron chi connectivity index (χ4n) is 1.72. The SMILES string of the molecule is COC(=O)c1nc(-c2ccccc2SC)oc1C(=O)OC. The summed E-state index contributed by atoms with van der Waals surface area (Å²) in [6.45, 7) is 0. The summed E-state index contributed by atoms with van der Waals surface area (Å²) in [7, 11) is 2.40. The zero-order valence-corrected chi connectivity index (χ0v) is 12.5. The third kappa shape index (κ3) is 2.92. The predicted octanol–water partition coefficient (Wildman–Crippen LogP) is 2.64. The number of carbonyl (C=O) groups is 2. The van der Waals surface area contributed by atoms with Crippen molar-refractivity contribution in [2.24, 2.45) is 0 Å². The van der Waals surface area contributed by atoms with E-state index in [0.29, 0.717) is 5.56 Å². The molecule has 7 heteroatoms. The van der Waals surface area contributed by atoms with Crippen molar-refractivity contribution in [2.75, 3.05) is 20.5 Å². The minimum Gasteiger partial charge on any atom is -0.464 e. The molecule has 0 aliphatic carbocycles. The van der Waals surface area contributed by atoms with Crippen LogP contribution in [0.1, 0.15) is 21.0 Å². The van der Waals surface area contributed by atoms with Gasteiger partial charge in [-0.05, 0) is 18.4 Å². The largest absolute Gasteiger partial charge is 0.464 e. The van der Waals surface area contributed by atoms with Gasteiger partial charge in [-0.1, -0.05) is 12.1 Å². The maximum absolute atomic E-state index is 11.7. The molecule has 110 valence electrons. The van der Waals surface area contributed by atoms with Gasteiger partial charge in [-0.15, -0.1) is 11.8 Å². The molecule has 21 heavy (non-hydrogen) atoms. The molecule has 0 spiro atoms. The number of thioether (sulfide) groups is 1. The van der Waals surface area contributed by atoms with Gasteiger partial charge < -0.3 is 13.9 Å². The molecule has 0 N–H and O–H groups in total. The normalized spacial score (nSPS) is 10.2. The summed E-state index contributed by atoms with van der Waals surface area (Å²) in [6.07, 6.45) is 1.91. The number of oxazole rings is 1. The molecule has 0 saturated heterocycles. The van der Waals surface area contributed by atoms with E-state index in [1.807, 2.05) is 24.5 Å². The van der Waals surface area contributed by atoms with Gasteiger partial charge in [-0.25, -0.2) is 14.6 Å². The smallest absolute Gasteiger partial charge is 0.376 e. The zero-order chi connectivity index (χ0) is 15.4. The number of hydrogen-bond donors (Lipinski definition) is 0. The van der Waals surface area contributed by atoms with E-state index in [2.05, 4.69) is 14.5 Å². The Balaban J connectivity index is 2.58. The number of rotatable bonds is 4. The predicted molar refractivity (Wildman–Crippen MR) is 76.4 cm³/mol. The van der Waals surface area contributed by atoms with Crippen molar-refractivity contribution in [3.8, 4) is 11.5 Å². The first kappa shape index (κ1) is 15.1. The van der Waals surface area contributed by atoms with Gasteiger partial charge in [0.05, 0.1) is 19.8 Å². The molecule has 0 radical (unpaired) electrons. The highest BCUT2D eigenvalue weighted by Crippen LogP contribution is 2.31. The first-order chi connectivity index (χ1) is 10.1. The number of methoxy groups -OCH3 is 2. The number of aromatic nitrogens is 1. The molecule has 0 bridgehead atoms. The van der Waals surface area contributed by atoms with Crippen LogP contribution in [0.25, 0.3) is 11.5 Å². The van der Waals surface area contributed by atoms with Crippen LogP contribution in [0.3, 0.4) is 0 Å². The van der Waals surface area contributed by atoms with E-state index < -0.39 is 11.9 Å². The van der Waals surface area contributed by atoms with E-state index in [1.165, 1.54) is 26.0 Å². The van der Waals surface area contributed by atoms with Crippen LogP contribution in [-0.4, -0.2) is 37.4 Å². The average molecular weight is 307 g/mol. The van der Waals surface area contributed by atoms with Gasteiger partial charge in [0.15, 0.2) is 0 Å². The lowest BCUT2D eigenvalue weighted by Crippen LogP contribution is -2.10. The highest BCUT2D eigenvalue weighted by molar-refractivity contribution is 7.98. The Morgan fingerprint density at radius 1 is 1.14 bits per heavy atom. The number of ether oxygens (including phenoxy) is 2. The highest BCUT2D eigenvalue weighted by atomic mass is 32.2. The number of carbonyl (C=O) groups excluding carboxylic acids is 2. The molecular weight excluding hydrogens is 294 g/mol. The standard InChI is InChI=1S/C14H13NO5S/c1-18-13(16)10-11(14(17)19-2)20-12(15-10)8-6-4-5-7-9(8)21-3/h4-7H,1-3H3. The minimum atomic E-state index is -0.782. The van der Waals surface area contributed by atoms with Crippen LogP contribution in [0, 0.1) is 0 Å². The van der Waals surface area contributed by atoms with Crippen molar-refractivity contribution >= 4 is 23.7 Å². The summed E-state index contributed by atoms with van der Waals surface area (Å²) in [5.41, 5.74) is 0.487. The Hall–Kier alpha value is -2.28. The second-order valence-corrected chi connectivity index (χ2v) is 4.73. The lowest BCUT2D eigenvalue weighted by atomic mass is 10.2. The van der Waals surface area contributed by atoms with Crippen LogP contribution in [-0.2, 0) is 9.47 Å². The monoisotopic (exact) mass is 307 g/mol. The van der Waals surface area contributed by atoms with Crippen molar-refractivity contribution < 1.29 is 23.5 Å². The molecule has 0 atom stereocenters. The van der Waals surface area contributed by atoms with Crippen LogP contribution in [0.2, 0.25) is 0 Å². The molecule has 2 aromatic rings. The molecule has 1 aromatic heterocycles. The number of nitrogens with zero attached hydrogens (tertiary/aromatic N) is 1. The number of esters is 2. The summed E-state index contributed by atoms with van der Waals surface area (Å²) >= 11 is 1.50.